The van der Waals surface area contributed by atoms with E-state index in [1.54, 1.807) is 23.0 Å². The molecular formula is C20H23ClN6O. The van der Waals surface area contributed by atoms with Crippen LogP contribution in [0, 0.1) is 17.2 Å². The monoisotopic (exact) mass is 398 g/mol. The van der Waals surface area contributed by atoms with Gasteiger partial charge in [0.15, 0.2) is 5.82 Å². The lowest BCUT2D eigenvalue weighted by atomic mass is 9.81. The number of nitrogens with zero attached hydrogens (tertiary/aromatic N) is 4. The molecule has 1 aliphatic heterocycles. The van der Waals surface area contributed by atoms with Crippen LogP contribution in [0.2, 0.25) is 5.02 Å². The number of nitrogens with one attached hydrogen (secondary N) is 1. The summed E-state index contributed by atoms with van der Waals surface area (Å²) >= 11 is 5.93. The van der Waals surface area contributed by atoms with E-state index < -0.39 is 5.91 Å². The van der Waals surface area contributed by atoms with Gasteiger partial charge in [0, 0.05) is 22.9 Å². The largest absolute Gasteiger partial charge is 0.365 e. The fourth-order valence-corrected chi connectivity index (χ4v) is 4.26. The number of hydrogen-bond donors (Lipinski definition) is 2. The van der Waals surface area contributed by atoms with Crippen molar-refractivity contribution < 1.29 is 4.79 Å². The van der Waals surface area contributed by atoms with Crippen LogP contribution in [0.25, 0.3) is 0 Å². The molecule has 1 saturated carbocycles. The summed E-state index contributed by atoms with van der Waals surface area (Å²) in [6.45, 7) is 2.27. The number of halogens is 1. The second kappa shape index (κ2) is 7.82. The van der Waals surface area contributed by atoms with Gasteiger partial charge in [0.2, 0.25) is 0 Å². The van der Waals surface area contributed by atoms with E-state index in [2.05, 4.69) is 21.4 Å². The molecule has 4 rings (SSSR count). The summed E-state index contributed by atoms with van der Waals surface area (Å²) in [5.74, 6) is -0.287. The third-order valence-electron chi connectivity index (χ3n) is 5.80. The van der Waals surface area contributed by atoms with Crippen molar-refractivity contribution in [2.45, 2.75) is 37.8 Å². The molecule has 0 radical (unpaired) electrons. The van der Waals surface area contributed by atoms with Crippen molar-refractivity contribution in [3.8, 4) is 6.07 Å². The van der Waals surface area contributed by atoms with Gasteiger partial charge >= 0.3 is 0 Å². The Labute approximate surface area is 169 Å². The summed E-state index contributed by atoms with van der Waals surface area (Å²) in [5, 5.41) is 18.1. The quantitative estimate of drug-likeness (QED) is 0.804. The first-order valence-corrected chi connectivity index (χ1v) is 9.98. The number of anilines is 2. The van der Waals surface area contributed by atoms with E-state index in [1.807, 2.05) is 12.1 Å². The molecule has 3 N–H and O–H groups in total. The van der Waals surface area contributed by atoms with E-state index in [9.17, 15) is 10.1 Å². The number of nitrogens with two attached hydrogens (primary N) is 1. The van der Waals surface area contributed by atoms with E-state index in [0.717, 1.165) is 38.0 Å². The number of nitriles is 1. The van der Waals surface area contributed by atoms with Crippen LogP contribution < -0.4 is 11.1 Å². The van der Waals surface area contributed by atoms with E-state index in [-0.39, 0.29) is 12.0 Å². The summed E-state index contributed by atoms with van der Waals surface area (Å²) in [7, 11) is 0. The molecule has 146 valence electrons. The molecule has 0 bridgehead atoms. The predicted molar refractivity (Wildman–Crippen MR) is 107 cm³/mol. The van der Waals surface area contributed by atoms with Crippen molar-refractivity contribution in [2.24, 2.45) is 11.7 Å². The molecule has 0 unspecified atom stereocenters. The summed E-state index contributed by atoms with van der Waals surface area (Å²) in [4.78, 5) is 14.4. The number of rotatable bonds is 5. The van der Waals surface area contributed by atoms with Gasteiger partial charge in [-0.05, 0) is 63.0 Å². The maximum Gasteiger partial charge on any atom is 0.254 e. The van der Waals surface area contributed by atoms with Crippen LogP contribution in [-0.2, 0) is 0 Å². The summed E-state index contributed by atoms with van der Waals surface area (Å²) in [6, 6.07) is 10.0. The van der Waals surface area contributed by atoms with Gasteiger partial charge in [-0.25, -0.2) is 0 Å². The maximum atomic E-state index is 11.9. The minimum Gasteiger partial charge on any atom is -0.365 e. The van der Waals surface area contributed by atoms with Crippen LogP contribution >= 0.6 is 11.6 Å². The third kappa shape index (κ3) is 3.71. The van der Waals surface area contributed by atoms with Crippen LogP contribution in [0.15, 0.2) is 30.5 Å². The number of carbonyl (C=O) groups excluding carboxylic acids is 1. The zero-order chi connectivity index (χ0) is 19.7. The molecule has 1 saturated heterocycles. The van der Waals surface area contributed by atoms with E-state index in [4.69, 9.17) is 17.3 Å². The Bertz CT molecular complexity index is 898. The van der Waals surface area contributed by atoms with Gasteiger partial charge in [0.05, 0.1) is 18.0 Å². The number of aromatic nitrogens is 2. The highest BCUT2D eigenvalue weighted by atomic mass is 35.5. The Balaban J connectivity index is 1.56. The minimum atomic E-state index is -0.550. The lowest BCUT2D eigenvalue weighted by Crippen LogP contribution is -2.48. The van der Waals surface area contributed by atoms with Crippen LogP contribution in [-0.4, -0.2) is 39.7 Å². The average molecular weight is 399 g/mol. The lowest BCUT2D eigenvalue weighted by Gasteiger charge is -2.43. The van der Waals surface area contributed by atoms with E-state index >= 15 is 0 Å². The van der Waals surface area contributed by atoms with Gasteiger partial charge in [0.25, 0.3) is 5.91 Å². The van der Waals surface area contributed by atoms with Crippen molar-refractivity contribution in [2.75, 3.05) is 18.4 Å². The first-order valence-electron chi connectivity index (χ1n) is 9.60. The molecule has 1 aromatic heterocycles. The van der Waals surface area contributed by atoms with Crippen LogP contribution in [0.5, 0.6) is 0 Å². The van der Waals surface area contributed by atoms with Crippen molar-refractivity contribution >= 4 is 29.0 Å². The highest BCUT2D eigenvalue weighted by molar-refractivity contribution is 6.30. The highest BCUT2D eigenvalue weighted by Crippen LogP contribution is 2.37. The number of likely N-dealkylation sites (tertiary alicyclic amines) is 1. The Hall–Kier alpha value is -2.56. The number of amides is 1. The molecule has 2 heterocycles. The second-order valence-electron chi connectivity index (χ2n) is 7.53. The standard InChI is InChI=1S/C20H23ClN6O/c21-14-2-4-15(5-3-14)24-20-17(19(23)28)12-27(25-20)18-7-6-16(10-13(18)11-22)26-8-1-9-26/h2-5,12-13,16,18H,1,6-10H2,(H2,23,28)(H,24,25)/t13-,16-,18+/m1/s1. The Morgan fingerprint density at radius 3 is 2.64 bits per heavy atom. The predicted octanol–water partition coefficient (Wildman–Crippen LogP) is 3.32. The molecule has 7 nitrogen and oxygen atoms in total. The normalized spacial score (nSPS) is 24.9. The molecule has 2 aliphatic rings. The Morgan fingerprint density at radius 2 is 2.04 bits per heavy atom. The molecule has 1 amide bonds. The summed E-state index contributed by atoms with van der Waals surface area (Å²) < 4.78 is 1.75. The van der Waals surface area contributed by atoms with Gasteiger partial charge in [-0.2, -0.15) is 10.4 Å². The van der Waals surface area contributed by atoms with Crippen LogP contribution in [0.4, 0.5) is 11.5 Å². The van der Waals surface area contributed by atoms with Crippen LogP contribution in [0.1, 0.15) is 42.1 Å². The van der Waals surface area contributed by atoms with Gasteiger partial charge in [-0.15, -0.1) is 0 Å². The van der Waals surface area contributed by atoms with Gasteiger partial charge in [0.1, 0.15) is 5.56 Å². The Morgan fingerprint density at radius 1 is 1.29 bits per heavy atom. The number of hydrogen-bond acceptors (Lipinski definition) is 5. The number of primary amides is 1. The molecule has 3 atom stereocenters. The molecule has 2 fully saturated rings. The molecule has 2 aromatic rings. The highest BCUT2D eigenvalue weighted by Gasteiger charge is 2.36. The molecule has 28 heavy (non-hydrogen) atoms. The fourth-order valence-electron chi connectivity index (χ4n) is 4.13. The first kappa shape index (κ1) is 18.8. The average Bonchev–Trinajstić information content (AvgIpc) is 3.06. The molecular weight excluding hydrogens is 376 g/mol. The van der Waals surface area contributed by atoms with Gasteiger partial charge in [-0.3, -0.25) is 9.48 Å². The third-order valence-corrected chi connectivity index (χ3v) is 6.06. The lowest BCUT2D eigenvalue weighted by molar-refractivity contribution is 0.0649. The first-order chi connectivity index (χ1) is 13.5. The smallest absolute Gasteiger partial charge is 0.254 e. The Kier molecular flexibility index (Phi) is 5.25. The fraction of sp³-hybridized carbons (Fsp3) is 0.450. The molecule has 1 aliphatic carbocycles. The van der Waals surface area contributed by atoms with E-state index in [1.165, 1.54) is 6.42 Å². The zero-order valence-electron chi connectivity index (χ0n) is 15.5. The van der Waals surface area contributed by atoms with Gasteiger partial charge < -0.3 is 16.0 Å². The molecule has 0 spiro atoms. The maximum absolute atomic E-state index is 11.9. The molecule has 8 heteroatoms. The zero-order valence-corrected chi connectivity index (χ0v) is 16.3. The van der Waals surface area contributed by atoms with Gasteiger partial charge in [-0.1, -0.05) is 11.6 Å². The topological polar surface area (TPSA) is 100.0 Å². The number of carbonyl (C=O) groups is 1. The van der Waals surface area contributed by atoms with Crippen molar-refractivity contribution in [3.05, 3.63) is 41.0 Å². The van der Waals surface area contributed by atoms with Crippen molar-refractivity contribution in [3.63, 3.8) is 0 Å². The summed E-state index contributed by atoms with van der Waals surface area (Å²) in [6.07, 6.45) is 5.65. The number of benzene rings is 1. The summed E-state index contributed by atoms with van der Waals surface area (Å²) in [5.41, 5.74) is 6.64. The minimum absolute atomic E-state index is 0.0543. The van der Waals surface area contributed by atoms with E-state index in [0.29, 0.717) is 22.4 Å². The second-order valence-corrected chi connectivity index (χ2v) is 7.96. The van der Waals surface area contributed by atoms with Crippen LogP contribution in [0.3, 0.4) is 0 Å². The molecule has 1 aromatic carbocycles. The SMILES string of the molecule is N#C[C@H]1C[C@H](N2CCC2)CC[C@@H]1n1cc(C(N)=O)c(Nc2ccc(Cl)cc2)n1. The van der Waals surface area contributed by atoms with Crippen molar-refractivity contribution in [1.82, 2.24) is 14.7 Å². The van der Waals surface area contributed by atoms with Crippen molar-refractivity contribution in [1.29, 1.82) is 5.26 Å².